The largest absolute Gasteiger partial charge is 0.331 e. The van der Waals surface area contributed by atoms with Crippen molar-refractivity contribution in [3.63, 3.8) is 0 Å². The van der Waals surface area contributed by atoms with Crippen molar-refractivity contribution in [1.82, 2.24) is 15.1 Å². The third-order valence-electron chi connectivity index (χ3n) is 4.26. The smallest absolute Gasteiger partial charge is 0.320 e. The molecule has 1 aromatic carbocycles. The first-order valence-electron chi connectivity index (χ1n) is 8.26. The van der Waals surface area contributed by atoms with Gasteiger partial charge in [-0.3, -0.25) is 5.32 Å². The molecular weight excluding hydrogens is 288 g/mol. The van der Waals surface area contributed by atoms with Crippen molar-refractivity contribution in [3.05, 3.63) is 47.2 Å². The number of aryl methyl sites for hydroxylation is 2. The Labute approximate surface area is 137 Å². The molecule has 2 aromatic rings. The number of fused-ring (bicyclic) bond motifs is 1. The highest BCUT2D eigenvalue weighted by Crippen LogP contribution is 2.29. The van der Waals surface area contributed by atoms with Crippen molar-refractivity contribution >= 4 is 11.8 Å². The third kappa shape index (κ3) is 3.38. The number of hydrogen-bond acceptors (Lipinski definition) is 2. The van der Waals surface area contributed by atoms with Gasteiger partial charge in [0.1, 0.15) is 5.82 Å². The molecule has 0 saturated carbocycles. The molecule has 0 saturated heterocycles. The van der Waals surface area contributed by atoms with Crippen LogP contribution in [0.15, 0.2) is 30.3 Å². The Bertz CT molecular complexity index is 705. The predicted octanol–water partition coefficient (Wildman–Crippen LogP) is 3.97. The first-order chi connectivity index (χ1) is 11.0. The summed E-state index contributed by atoms with van der Waals surface area (Å²) in [6.45, 7) is 6.03. The van der Waals surface area contributed by atoms with Crippen LogP contribution in [0.2, 0.25) is 0 Å². The number of aromatic nitrogens is 2. The molecule has 1 aromatic heterocycles. The number of carbonyl (C=O) groups is 1. The van der Waals surface area contributed by atoms with E-state index in [-0.39, 0.29) is 18.1 Å². The summed E-state index contributed by atoms with van der Waals surface area (Å²) >= 11 is 0. The summed E-state index contributed by atoms with van der Waals surface area (Å²) in [6, 6.07) is 10.4. The first-order valence-corrected chi connectivity index (χ1v) is 8.26. The zero-order valence-corrected chi connectivity index (χ0v) is 14.0. The maximum atomic E-state index is 12.4. The lowest BCUT2D eigenvalue weighted by Crippen LogP contribution is -2.35. The average molecular weight is 312 g/mol. The lowest BCUT2D eigenvalue weighted by Gasteiger charge is -2.26. The van der Waals surface area contributed by atoms with Crippen LogP contribution < -0.4 is 10.6 Å². The maximum absolute atomic E-state index is 12.4. The zero-order valence-electron chi connectivity index (χ0n) is 14.0. The van der Waals surface area contributed by atoms with E-state index < -0.39 is 0 Å². The van der Waals surface area contributed by atoms with Crippen LogP contribution in [0.25, 0.3) is 0 Å². The summed E-state index contributed by atoms with van der Waals surface area (Å²) in [4.78, 5) is 12.4. The van der Waals surface area contributed by atoms with Crippen molar-refractivity contribution < 1.29 is 4.79 Å². The monoisotopic (exact) mass is 312 g/mol. The third-order valence-corrected chi connectivity index (χ3v) is 4.26. The van der Waals surface area contributed by atoms with E-state index in [0.717, 1.165) is 30.8 Å². The molecule has 0 radical (unpaired) electrons. The molecule has 1 aliphatic rings. The Balaban J connectivity index is 1.71. The number of carbonyl (C=O) groups excluding carboxylic acids is 1. The van der Waals surface area contributed by atoms with E-state index in [1.165, 1.54) is 11.1 Å². The molecule has 1 aliphatic carbocycles. The number of nitrogens with one attached hydrogen (secondary N) is 2. The normalized spacial score (nSPS) is 17.0. The minimum atomic E-state index is -0.173. The molecule has 0 unspecified atom stereocenters. The van der Waals surface area contributed by atoms with Gasteiger partial charge < -0.3 is 5.32 Å². The van der Waals surface area contributed by atoms with Gasteiger partial charge in [0, 0.05) is 12.1 Å². The summed E-state index contributed by atoms with van der Waals surface area (Å²) in [5, 5.41) is 10.5. The number of amides is 2. The van der Waals surface area contributed by atoms with Gasteiger partial charge in [-0.15, -0.1) is 0 Å². The molecule has 0 bridgehead atoms. The fourth-order valence-electron chi connectivity index (χ4n) is 3.22. The average Bonchev–Trinajstić information content (AvgIpc) is 2.88. The Hall–Kier alpha value is -2.30. The second-order valence-corrected chi connectivity index (χ2v) is 6.45. The summed E-state index contributed by atoms with van der Waals surface area (Å²) in [6.07, 6.45) is 3.17. The summed E-state index contributed by atoms with van der Waals surface area (Å²) < 4.78 is 1.84. The summed E-state index contributed by atoms with van der Waals surface area (Å²) in [5.74, 6) is 0.735. The van der Waals surface area contributed by atoms with E-state index in [9.17, 15) is 4.79 Å². The van der Waals surface area contributed by atoms with Crippen molar-refractivity contribution in [1.29, 1.82) is 0 Å². The van der Waals surface area contributed by atoms with Gasteiger partial charge in [-0.1, -0.05) is 24.3 Å². The van der Waals surface area contributed by atoms with Gasteiger partial charge in [0.15, 0.2) is 0 Å². The van der Waals surface area contributed by atoms with Crippen LogP contribution >= 0.6 is 0 Å². The molecule has 1 heterocycles. The lowest BCUT2D eigenvalue weighted by molar-refractivity contribution is 0.247. The standard InChI is InChI=1S/C18H24N4O/c1-12(2)22-17(11-13(3)21-22)20-18(23)19-16-10-6-8-14-7-4-5-9-15(14)16/h4-5,7,9,11-12,16H,6,8,10H2,1-3H3,(H2,19,20,23)/t16-/m1/s1. The Morgan fingerprint density at radius 2 is 2.13 bits per heavy atom. The Morgan fingerprint density at radius 1 is 1.35 bits per heavy atom. The van der Waals surface area contributed by atoms with Crippen LogP contribution in [0.4, 0.5) is 10.6 Å². The molecule has 2 amide bonds. The molecular formula is C18H24N4O. The van der Waals surface area contributed by atoms with Crippen molar-refractivity contribution in [2.75, 3.05) is 5.32 Å². The predicted molar refractivity (Wildman–Crippen MR) is 91.6 cm³/mol. The number of rotatable bonds is 3. The van der Waals surface area contributed by atoms with E-state index in [0.29, 0.717) is 0 Å². The number of nitrogens with zero attached hydrogens (tertiary/aromatic N) is 2. The number of hydrogen-bond donors (Lipinski definition) is 2. The van der Waals surface area contributed by atoms with E-state index in [1.807, 2.05) is 37.6 Å². The highest BCUT2D eigenvalue weighted by Gasteiger charge is 2.22. The van der Waals surface area contributed by atoms with Gasteiger partial charge in [-0.25, -0.2) is 9.48 Å². The molecule has 23 heavy (non-hydrogen) atoms. The van der Waals surface area contributed by atoms with E-state index in [4.69, 9.17) is 0 Å². The highest BCUT2D eigenvalue weighted by atomic mass is 16.2. The molecule has 3 rings (SSSR count). The van der Waals surface area contributed by atoms with E-state index in [2.05, 4.69) is 33.9 Å². The van der Waals surface area contributed by atoms with Crippen molar-refractivity contribution in [2.24, 2.45) is 0 Å². The van der Waals surface area contributed by atoms with Crippen LogP contribution in [-0.4, -0.2) is 15.8 Å². The van der Waals surface area contributed by atoms with Gasteiger partial charge in [-0.05, 0) is 51.2 Å². The van der Waals surface area contributed by atoms with Crippen LogP contribution in [0.1, 0.15) is 55.6 Å². The molecule has 122 valence electrons. The quantitative estimate of drug-likeness (QED) is 0.901. The van der Waals surface area contributed by atoms with Crippen LogP contribution in [0.5, 0.6) is 0 Å². The van der Waals surface area contributed by atoms with Gasteiger partial charge in [0.2, 0.25) is 0 Å². The summed E-state index contributed by atoms with van der Waals surface area (Å²) in [7, 11) is 0. The van der Waals surface area contributed by atoms with Gasteiger partial charge in [0.25, 0.3) is 0 Å². The molecule has 0 fully saturated rings. The number of urea groups is 1. The zero-order chi connectivity index (χ0) is 16.4. The van der Waals surface area contributed by atoms with Gasteiger partial charge in [0.05, 0.1) is 11.7 Å². The Kier molecular flexibility index (Phi) is 4.37. The SMILES string of the molecule is Cc1cc(NC(=O)N[C@@H]2CCCc3ccccc32)n(C(C)C)n1. The van der Waals surface area contributed by atoms with E-state index >= 15 is 0 Å². The number of anilines is 1. The fraction of sp³-hybridized carbons (Fsp3) is 0.444. The minimum Gasteiger partial charge on any atom is -0.331 e. The van der Waals surface area contributed by atoms with Crippen LogP contribution in [0, 0.1) is 6.92 Å². The van der Waals surface area contributed by atoms with E-state index in [1.54, 1.807) is 0 Å². The Morgan fingerprint density at radius 3 is 2.91 bits per heavy atom. The lowest BCUT2D eigenvalue weighted by atomic mass is 9.88. The second-order valence-electron chi connectivity index (χ2n) is 6.45. The summed E-state index contributed by atoms with van der Waals surface area (Å²) in [5.41, 5.74) is 3.48. The number of benzene rings is 1. The molecule has 0 aliphatic heterocycles. The molecule has 0 spiro atoms. The van der Waals surface area contributed by atoms with Crippen molar-refractivity contribution in [2.45, 2.75) is 52.1 Å². The van der Waals surface area contributed by atoms with Crippen molar-refractivity contribution in [3.8, 4) is 0 Å². The first kappa shape index (κ1) is 15.6. The van der Waals surface area contributed by atoms with Crippen LogP contribution in [-0.2, 0) is 6.42 Å². The minimum absolute atomic E-state index is 0.0801. The molecule has 5 heteroatoms. The second kappa shape index (κ2) is 6.44. The van der Waals surface area contributed by atoms with Gasteiger partial charge >= 0.3 is 6.03 Å². The molecule has 1 atom stereocenters. The fourth-order valence-corrected chi connectivity index (χ4v) is 3.22. The maximum Gasteiger partial charge on any atom is 0.320 e. The molecule has 2 N–H and O–H groups in total. The topological polar surface area (TPSA) is 59.0 Å². The van der Waals surface area contributed by atoms with Crippen LogP contribution in [0.3, 0.4) is 0 Å². The molecule has 5 nitrogen and oxygen atoms in total. The highest BCUT2D eigenvalue weighted by molar-refractivity contribution is 5.88. The van der Waals surface area contributed by atoms with Gasteiger partial charge in [-0.2, -0.15) is 5.10 Å².